The van der Waals surface area contributed by atoms with Gasteiger partial charge in [-0.3, -0.25) is 14.9 Å². The van der Waals surface area contributed by atoms with Crippen LogP contribution in [0.25, 0.3) is 0 Å². The second kappa shape index (κ2) is 7.66. The Bertz CT molecular complexity index is 728. The molecule has 0 aromatic carbocycles. The average molecular weight is 343 g/mol. The Labute approximate surface area is 145 Å². The maximum absolute atomic E-state index is 12.3. The van der Waals surface area contributed by atoms with Gasteiger partial charge in [0.15, 0.2) is 5.78 Å². The van der Waals surface area contributed by atoms with Crippen LogP contribution in [0.15, 0.2) is 23.7 Å². The van der Waals surface area contributed by atoms with Crippen LogP contribution in [-0.4, -0.2) is 21.7 Å². The summed E-state index contributed by atoms with van der Waals surface area (Å²) in [7, 11) is 0. The highest BCUT2D eigenvalue weighted by atomic mass is 32.1. The number of aromatic nitrogens is 2. The van der Waals surface area contributed by atoms with Crippen molar-refractivity contribution in [1.29, 1.82) is 0 Å². The highest BCUT2D eigenvalue weighted by molar-refractivity contribution is 7.10. The topological polar surface area (TPSA) is 72.0 Å². The Morgan fingerprint density at radius 1 is 1.38 bits per heavy atom. The van der Waals surface area contributed by atoms with E-state index >= 15 is 0 Å². The molecule has 1 amide bonds. The van der Waals surface area contributed by atoms with Gasteiger partial charge in [0.05, 0.1) is 11.3 Å². The lowest BCUT2D eigenvalue weighted by Crippen LogP contribution is -2.22. The van der Waals surface area contributed by atoms with Gasteiger partial charge in [0, 0.05) is 29.8 Å². The standard InChI is InChI=1S/C18H21N3O2S/c1-2-3-4-7-17(23)21-18-19-11-13-14(20-18)9-12(10-15(13)22)16-6-5-8-24-16/h5-6,8,11-12H,2-4,7,9-10H2,1H3,(H,19,20,21,23)/t12-/m0/s1. The van der Waals surface area contributed by atoms with E-state index in [0.717, 1.165) is 25.0 Å². The summed E-state index contributed by atoms with van der Waals surface area (Å²) in [4.78, 5) is 34.0. The lowest BCUT2D eigenvalue weighted by atomic mass is 9.86. The van der Waals surface area contributed by atoms with Gasteiger partial charge in [-0.25, -0.2) is 9.97 Å². The zero-order valence-corrected chi connectivity index (χ0v) is 14.6. The molecule has 1 atom stereocenters. The summed E-state index contributed by atoms with van der Waals surface area (Å²) in [5.74, 6) is 0.485. The fourth-order valence-corrected chi connectivity index (χ4v) is 3.78. The molecule has 2 heterocycles. The van der Waals surface area contributed by atoms with E-state index in [2.05, 4.69) is 28.3 Å². The maximum atomic E-state index is 12.3. The Kier molecular flexibility index (Phi) is 5.35. The molecule has 1 N–H and O–H groups in total. The van der Waals surface area contributed by atoms with Crippen LogP contribution in [0.1, 0.15) is 65.9 Å². The molecule has 3 rings (SSSR count). The molecule has 1 aliphatic rings. The summed E-state index contributed by atoms with van der Waals surface area (Å²) in [5.41, 5.74) is 1.33. The number of hydrogen-bond donors (Lipinski definition) is 1. The Morgan fingerprint density at radius 2 is 2.25 bits per heavy atom. The molecule has 0 bridgehead atoms. The van der Waals surface area contributed by atoms with E-state index in [9.17, 15) is 9.59 Å². The van der Waals surface area contributed by atoms with Crippen molar-refractivity contribution < 1.29 is 9.59 Å². The van der Waals surface area contributed by atoms with E-state index in [1.165, 1.54) is 4.88 Å². The molecule has 126 valence electrons. The molecule has 0 fully saturated rings. The molecule has 0 saturated heterocycles. The van der Waals surface area contributed by atoms with Gasteiger partial charge in [-0.2, -0.15) is 0 Å². The van der Waals surface area contributed by atoms with Crippen LogP contribution in [0.3, 0.4) is 0 Å². The Hall–Kier alpha value is -2.08. The Morgan fingerprint density at radius 3 is 3.00 bits per heavy atom. The van der Waals surface area contributed by atoms with Crippen molar-refractivity contribution in [2.75, 3.05) is 5.32 Å². The number of thiophene rings is 1. The van der Waals surface area contributed by atoms with Crippen molar-refractivity contribution in [2.24, 2.45) is 0 Å². The number of carbonyl (C=O) groups excluding carboxylic acids is 2. The second-order valence-corrected chi connectivity index (χ2v) is 7.08. The minimum absolute atomic E-state index is 0.0691. The van der Waals surface area contributed by atoms with E-state index < -0.39 is 0 Å². The number of fused-ring (bicyclic) bond motifs is 1. The van der Waals surface area contributed by atoms with Gasteiger partial charge in [-0.05, 0) is 24.3 Å². The molecule has 2 aromatic rings. The summed E-state index contributed by atoms with van der Waals surface area (Å²) < 4.78 is 0. The van der Waals surface area contributed by atoms with Crippen molar-refractivity contribution in [3.05, 3.63) is 39.8 Å². The SMILES string of the molecule is CCCCCC(=O)Nc1ncc2c(n1)C[C@H](c1cccs1)CC2=O. The normalized spacial score (nSPS) is 16.7. The largest absolute Gasteiger partial charge is 0.295 e. The third-order valence-electron chi connectivity index (χ3n) is 4.24. The van der Waals surface area contributed by atoms with Gasteiger partial charge in [0.1, 0.15) is 0 Å². The molecule has 1 aliphatic carbocycles. The number of unbranched alkanes of at least 4 members (excludes halogenated alkanes) is 2. The van der Waals surface area contributed by atoms with Gasteiger partial charge < -0.3 is 0 Å². The lowest BCUT2D eigenvalue weighted by Gasteiger charge is -2.22. The number of nitrogens with zero attached hydrogens (tertiary/aromatic N) is 2. The highest BCUT2D eigenvalue weighted by Crippen LogP contribution is 2.34. The Balaban J connectivity index is 1.72. The highest BCUT2D eigenvalue weighted by Gasteiger charge is 2.28. The van der Waals surface area contributed by atoms with Crippen LogP contribution in [0, 0.1) is 0 Å². The molecule has 0 saturated carbocycles. The molecule has 6 heteroatoms. The fraction of sp³-hybridized carbons (Fsp3) is 0.444. The minimum Gasteiger partial charge on any atom is -0.295 e. The smallest absolute Gasteiger partial charge is 0.229 e. The molecule has 0 aliphatic heterocycles. The van der Waals surface area contributed by atoms with E-state index in [1.807, 2.05) is 11.4 Å². The number of carbonyl (C=O) groups is 2. The summed E-state index contributed by atoms with van der Waals surface area (Å²) >= 11 is 1.67. The number of anilines is 1. The van der Waals surface area contributed by atoms with Crippen molar-refractivity contribution in [1.82, 2.24) is 9.97 Å². The predicted octanol–water partition coefficient (Wildman–Crippen LogP) is 3.97. The van der Waals surface area contributed by atoms with Crippen LogP contribution in [0.4, 0.5) is 5.95 Å². The number of nitrogens with one attached hydrogen (secondary N) is 1. The summed E-state index contributed by atoms with van der Waals surface area (Å²) in [6, 6.07) is 4.06. The number of rotatable bonds is 6. The number of Topliss-reactive ketones (excluding diaryl/α,β-unsaturated/α-hetero) is 1. The van der Waals surface area contributed by atoms with Crippen molar-refractivity contribution in [3.8, 4) is 0 Å². The molecule has 5 nitrogen and oxygen atoms in total. The van der Waals surface area contributed by atoms with Gasteiger partial charge >= 0.3 is 0 Å². The lowest BCUT2D eigenvalue weighted by molar-refractivity contribution is -0.116. The second-order valence-electron chi connectivity index (χ2n) is 6.10. The van der Waals surface area contributed by atoms with Gasteiger partial charge in [-0.15, -0.1) is 11.3 Å². The average Bonchev–Trinajstić information content (AvgIpc) is 3.09. The summed E-state index contributed by atoms with van der Waals surface area (Å²) in [5, 5.41) is 4.77. The van der Waals surface area contributed by atoms with E-state index in [4.69, 9.17) is 0 Å². The molecule has 2 aromatic heterocycles. The molecule has 0 spiro atoms. The number of ketones is 1. The zero-order chi connectivity index (χ0) is 16.9. The van der Waals surface area contributed by atoms with Crippen LogP contribution < -0.4 is 5.32 Å². The van der Waals surface area contributed by atoms with Crippen LogP contribution in [0.2, 0.25) is 0 Å². The van der Waals surface area contributed by atoms with Gasteiger partial charge in [-0.1, -0.05) is 25.8 Å². The van der Waals surface area contributed by atoms with Crippen molar-refractivity contribution in [2.45, 2.75) is 51.4 Å². The van der Waals surface area contributed by atoms with Crippen LogP contribution in [0.5, 0.6) is 0 Å². The number of amides is 1. The van der Waals surface area contributed by atoms with E-state index in [0.29, 0.717) is 30.8 Å². The monoisotopic (exact) mass is 343 g/mol. The first-order valence-corrected chi connectivity index (χ1v) is 9.27. The van der Waals surface area contributed by atoms with Crippen LogP contribution >= 0.6 is 11.3 Å². The zero-order valence-electron chi connectivity index (χ0n) is 13.7. The van der Waals surface area contributed by atoms with Gasteiger partial charge in [0.25, 0.3) is 0 Å². The quantitative estimate of drug-likeness (QED) is 0.806. The maximum Gasteiger partial charge on any atom is 0.229 e. The molecular formula is C18H21N3O2S. The van der Waals surface area contributed by atoms with Gasteiger partial charge in [0.2, 0.25) is 11.9 Å². The first-order valence-electron chi connectivity index (χ1n) is 8.39. The molecular weight excluding hydrogens is 322 g/mol. The van der Waals surface area contributed by atoms with Crippen molar-refractivity contribution in [3.63, 3.8) is 0 Å². The first-order chi connectivity index (χ1) is 11.7. The molecule has 24 heavy (non-hydrogen) atoms. The third-order valence-corrected chi connectivity index (χ3v) is 5.28. The summed E-state index contributed by atoms with van der Waals surface area (Å²) in [6.45, 7) is 2.10. The number of hydrogen-bond acceptors (Lipinski definition) is 5. The summed E-state index contributed by atoms with van der Waals surface area (Å²) in [6.07, 6.45) is 6.22. The van der Waals surface area contributed by atoms with Crippen molar-refractivity contribution >= 4 is 29.0 Å². The van der Waals surface area contributed by atoms with Crippen LogP contribution in [-0.2, 0) is 11.2 Å². The fourth-order valence-electron chi connectivity index (χ4n) is 2.95. The molecule has 0 radical (unpaired) electrons. The molecule has 0 unspecified atom stereocenters. The first kappa shape index (κ1) is 16.8. The minimum atomic E-state index is -0.0691. The van der Waals surface area contributed by atoms with E-state index in [1.54, 1.807) is 17.5 Å². The van der Waals surface area contributed by atoms with E-state index in [-0.39, 0.29) is 17.6 Å². The predicted molar refractivity (Wildman–Crippen MR) is 94.5 cm³/mol. The third kappa shape index (κ3) is 3.87.